The van der Waals surface area contributed by atoms with Gasteiger partial charge in [-0.3, -0.25) is 0 Å². The van der Waals surface area contributed by atoms with Crippen LogP contribution in [0.4, 0.5) is 0 Å². The summed E-state index contributed by atoms with van der Waals surface area (Å²) in [6.07, 6.45) is 3.09. The van der Waals surface area contributed by atoms with Gasteiger partial charge in [0.2, 0.25) is 0 Å². The lowest BCUT2D eigenvalue weighted by Gasteiger charge is -2.23. The van der Waals surface area contributed by atoms with Gasteiger partial charge in [-0.15, -0.1) is 0 Å². The average Bonchev–Trinajstić information content (AvgIpc) is 2.40. The van der Waals surface area contributed by atoms with E-state index < -0.39 is 0 Å². The van der Waals surface area contributed by atoms with Gasteiger partial charge in [0, 0.05) is 6.42 Å². The highest BCUT2D eigenvalue weighted by atomic mass is 16.7. The van der Waals surface area contributed by atoms with Crippen molar-refractivity contribution in [3.8, 4) is 5.75 Å². The summed E-state index contributed by atoms with van der Waals surface area (Å²) >= 11 is 0. The van der Waals surface area contributed by atoms with Crippen molar-refractivity contribution in [2.24, 2.45) is 5.16 Å². The van der Waals surface area contributed by atoms with Gasteiger partial charge in [-0.25, -0.2) is 0 Å². The number of rotatable bonds is 3. The van der Waals surface area contributed by atoms with E-state index in [1.54, 1.807) is 6.92 Å². The molecular weight excluding hydrogens is 218 g/mol. The number of hydrogen-bond acceptors (Lipinski definition) is 4. The van der Waals surface area contributed by atoms with Crippen LogP contribution in [0.5, 0.6) is 5.75 Å². The van der Waals surface area contributed by atoms with Gasteiger partial charge in [-0.1, -0.05) is 5.16 Å². The first-order valence-corrected chi connectivity index (χ1v) is 5.87. The van der Waals surface area contributed by atoms with Crippen LogP contribution in [0.25, 0.3) is 0 Å². The largest absolute Gasteiger partial charge is 0.465 e. The molecule has 17 heavy (non-hydrogen) atoms. The minimum Gasteiger partial charge on any atom is -0.465 e. The Bertz CT molecular complexity index is 380. The van der Waals surface area contributed by atoms with Crippen LogP contribution in [-0.2, 0) is 4.74 Å². The van der Waals surface area contributed by atoms with Gasteiger partial charge in [0.15, 0.2) is 6.29 Å². The lowest BCUT2D eigenvalue weighted by atomic mass is 10.1. The van der Waals surface area contributed by atoms with E-state index in [0.717, 1.165) is 37.2 Å². The summed E-state index contributed by atoms with van der Waals surface area (Å²) in [5.74, 6) is 0.784. The molecule has 0 aliphatic carbocycles. The van der Waals surface area contributed by atoms with E-state index in [4.69, 9.17) is 14.7 Å². The number of ether oxygens (including phenoxy) is 2. The maximum absolute atomic E-state index is 8.66. The van der Waals surface area contributed by atoms with Crippen molar-refractivity contribution < 1.29 is 14.7 Å². The van der Waals surface area contributed by atoms with E-state index >= 15 is 0 Å². The Labute approximate surface area is 101 Å². The average molecular weight is 235 g/mol. The quantitative estimate of drug-likeness (QED) is 0.498. The van der Waals surface area contributed by atoms with Crippen LogP contribution in [0, 0.1) is 0 Å². The molecule has 92 valence electrons. The molecule has 0 aromatic heterocycles. The molecule has 2 rings (SSSR count). The molecule has 0 bridgehead atoms. The van der Waals surface area contributed by atoms with E-state index in [9.17, 15) is 0 Å². The number of oxime groups is 1. The van der Waals surface area contributed by atoms with Crippen LogP contribution in [0.1, 0.15) is 31.7 Å². The van der Waals surface area contributed by atoms with Gasteiger partial charge < -0.3 is 14.7 Å². The van der Waals surface area contributed by atoms with Crippen LogP contribution >= 0.6 is 0 Å². The fourth-order valence-electron chi connectivity index (χ4n) is 1.79. The van der Waals surface area contributed by atoms with E-state index in [1.807, 2.05) is 24.3 Å². The van der Waals surface area contributed by atoms with Crippen LogP contribution in [0.3, 0.4) is 0 Å². The molecule has 0 radical (unpaired) electrons. The second-order valence-electron chi connectivity index (χ2n) is 4.12. The van der Waals surface area contributed by atoms with Gasteiger partial charge in [0.1, 0.15) is 5.75 Å². The monoisotopic (exact) mass is 235 g/mol. The molecule has 1 fully saturated rings. The molecule has 1 aromatic rings. The third kappa shape index (κ3) is 3.20. The highest BCUT2D eigenvalue weighted by Gasteiger charge is 2.14. The highest BCUT2D eigenvalue weighted by molar-refractivity contribution is 5.98. The van der Waals surface area contributed by atoms with E-state index in [-0.39, 0.29) is 6.29 Å². The van der Waals surface area contributed by atoms with Crippen LogP contribution < -0.4 is 4.74 Å². The summed E-state index contributed by atoms with van der Waals surface area (Å²) < 4.78 is 11.2. The Morgan fingerprint density at radius 1 is 1.35 bits per heavy atom. The summed E-state index contributed by atoms with van der Waals surface area (Å²) in [5, 5.41) is 11.8. The summed E-state index contributed by atoms with van der Waals surface area (Å²) in [6, 6.07) is 7.46. The second kappa shape index (κ2) is 5.68. The Morgan fingerprint density at radius 2 is 2.12 bits per heavy atom. The molecule has 1 atom stereocenters. The van der Waals surface area contributed by atoms with Gasteiger partial charge in [-0.2, -0.15) is 0 Å². The topological polar surface area (TPSA) is 51.1 Å². The fourth-order valence-corrected chi connectivity index (χ4v) is 1.79. The number of nitrogens with zero attached hydrogens (tertiary/aromatic N) is 1. The van der Waals surface area contributed by atoms with Gasteiger partial charge in [0.05, 0.1) is 12.3 Å². The summed E-state index contributed by atoms with van der Waals surface area (Å²) in [4.78, 5) is 0. The first kappa shape index (κ1) is 11.9. The molecule has 4 nitrogen and oxygen atoms in total. The lowest BCUT2D eigenvalue weighted by Crippen LogP contribution is -2.24. The third-order valence-corrected chi connectivity index (χ3v) is 2.83. The molecule has 0 amide bonds. The normalized spacial score (nSPS) is 21.2. The zero-order valence-electron chi connectivity index (χ0n) is 9.93. The SMILES string of the molecule is CC(=NO)c1ccc(OC2CCCCO2)cc1. The van der Waals surface area contributed by atoms with E-state index in [2.05, 4.69) is 5.16 Å². The van der Waals surface area contributed by atoms with Crippen molar-refractivity contribution >= 4 is 5.71 Å². The maximum atomic E-state index is 8.66. The second-order valence-corrected chi connectivity index (χ2v) is 4.12. The Balaban J connectivity index is 1.97. The number of benzene rings is 1. The molecule has 4 heteroatoms. The zero-order valence-corrected chi connectivity index (χ0v) is 9.93. The highest BCUT2D eigenvalue weighted by Crippen LogP contribution is 2.19. The number of hydrogen-bond donors (Lipinski definition) is 1. The predicted molar refractivity (Wildman–Crippen MR) is 64.7 cm³/mol. The molecule has 0 saturated carbocycles. The van der Waals surface area contributed by atoms with Crippen molar-refractivity contribution in [3.05, 3.63) is 29.8 Å². The predicted octanol–water partition coefficient (Wildman–Crippen LogP) is 2.79. The summed E-state index contributed by atoms with van der Waals surface area (Å²) in [5.41, 5.74) is 1.47. The van der Waals surface area contributed by atoms with Crippen molar-refractivity contribution in [1.82, 2.24) is 0 Å². The minimum absolute atomic E-state index is 0.123. The van der Waals surface area contributed by atoms with Crippen molar-refractivity contribution in [1.29, 1.82) is 0 Å². The molecule has 1 N–H and O–H groups in total. The Morgan fingerprint density at radius 3 is 2.71 bits per heavy atom. The molecule has 1 saturated heterocycles. The van der Waals surface area contributed by atoms with Crippen LogP contribution in [0.15, 0.2) is 29.4 Å². The van der Waals surface area contributed by atoms with Gasteiger partial charge in [0.25, 0.3) is 0 Å². The van der Waals surface area contributed by atoms with E-state index in [1.165, 1.54) is 0 Å². The van der Waals surface area contributed by atoms with Crippen LogP contribution in [-0.4, -0.2) is 23.8 Å². The van der Waals surface area contributed by atoms with Crippen molar-refractivity contribution in [2.45, 2.75) is 32.5 Å². The third-order valence-electron chi connectivity index (χ3n) is 2.83. The summed E-state index contributed by atoms with van der Waals surface area (Å²) in [7, 11) is 0. The first-order valence-electron chi connectivity index (χ1n) is 5.87. The van der Waals surface area contributed by atoms with Crippen LogP contribution in [0.2, 0.25) is 0 Å². The molecule has 1 aliphatic heterocycles. The molecule has 1 heterocycles. The minimum atomic E-state index is -0.123. The standard InChI is InChI=1S/C13H17NO3/c1-10(14-15)11-5-7-12(8-6-11)17-13-4-2-3-9-16-13/h5-8,13,15H,2-4,9H2,1H3. The van der Waals surface area contributed by atoms with E-state index in [0.29, 0.717) is 5.71 Å². The smallest absolute Gasteiger partial charge is 0.199 e. The maximum Gasteiger partial charge on any atom is 0.199 e. The summed E-state index contributed by atoms with van der Waals surface area (Å²) in [6.45, 7) is 2.53. The molecule has 1 unspecified atom stereocenters. The van der Waals surface area contributed by atoms with Gasteiger partial charge in [-0.05, 0) is 49.6 Å². The zero-order chi connectivity index (χ0) is 12.1. The fraction of sp³-hybridized carbons (Fsp3) is 0.462. The van der Waals surface area contributed by atoms with Crippen molar-refractivity contribution in [2.75, 3.05) is 6.61 Å². The van der Waals surface area contributed by atoms with Crippen molar-refractivity contribution in [3.63, 3.8) is 0 Å². The Hall–Kier alpha value is -1.55. The Kier molecular flexibility index (Phi) is 3.98. The molecule has 0 spiro atoms. The lowest BCUT2D eigenvalue weighted by molar-refractivity contribution is -0.105. The van der Waals surface area contributed by atoms with Gasteiger partial charge >= 0.3 is 0 Å². The molecular formula is C13H17NO3. The molecule has 1 aromatic carbocycles. The molecule has 1 aliphatic rings. The first-order chi connectivity index (χ1) is 8.29.